The first-order valence-electron chi connectivity index (χ1n) is 13.2. The first-order valence-corrected chi connectivity index (χ1v) is 13.2. The van der Waals surface area contributed by atoms with Crippen molar-refractivity contribution < 1.29 is 23.9 Å². The van der Waals surface area contributed by atoms with Crippen LogP contribution in [-0.4, -0.2) is 91.2 Å². The predicted octanol–water partition coefficient (Wildman–Crippen LogP) is 3.54. The quantitative estimate of drug-likeness (QED) is 0.542. The summed E-state index contributed by atoms with van der Waals surface area (Å²) in [6.07, 6.45) is 7.20. The summed E-state index contributed by atoms with van der Waals surface area (Å²) in [5, 5.41) is 0. The Bertz CT molecular complexity index is 683. The van der Waals surface area contributed by atoms with Crippen LogP contribution in [0.4, 0.5) is 4.79 Å². The number of ether oxygens (including phenoxy) is 2. The summed E-state index contributed by atoms with van der Waals surface area (Å²) in [5.74, 6) is 1.31. The molecule has 0 bridgehead atoms. The lowest BCUT2D eigenvalue weighted by atomic mass is 9.90. The van der Waals surface area contributed by atoms with Gasteiger partial charge in [0.2, 0.25) is 5.91 Å². The largest absolute Gasteiger partial charge is 0.469 e. The monoisotopic (exact) mass is 479 g/mol. The number of hydrogen-bond acceptors (Lipinski definition) is 6. The standard InChI is InChI=1S/C26H45N3O5/c1-26(2,3)34-25(32)29-17-6-20(7-18-29)5-12-27-13-10-22(11-14-27)24(31)28-15-8-21(9-16-28)19-23(30)33-4/h20-22H,5-19H2,1-4H3. The molecule has 0 atom stereocenters. The maximum atomic E-state index is 13.0. The van der Waals surface area contributed by atoms with Crippen molar-refractivity contribution in [3.63, 3.8) is 0 Å². The number of esters is 1. The minimum Gasteiger partial charge on any atom is -0.469 e. The third-order valence-corrected chi connectivity index (χ3v) is 7.67. The highest BCUT2D eigenvalue weighted by molar-refractivity contribution is 5.79. The Morgan fingerprint density at radius 1 is 0.794 bits per heavy atom. The van der Waals surface area contributed by atoms with Gasteiger partial charge in [-0.2, -0.15) is 0 Å². The molecule has 3 rings (SSSR count). The fourth-order valence-electron chi connectivity index (χ4n) is 5.43. The summed E-state index contributed by atoms with van der Waals surface area (Å²) in [4.78, 5) is 43.1. The molecule has 0 aliphatic carbocycles. The first kappa shape index (κ1) is 26.8. The molecule has 3 aliphatic heterocycles. The number of carbonyl (C=O) groups excluding carboxylic acids is 3. The number of rotatable bonds is 6. The van der Waals surface area contributed by atoms with E-state index in [9.17, 15) is 14.4 Å². The highest BCUT2D eigenvalue weighted by Crippen LogP contribution is 2.27. The molecule has 34 heavy (non-hydrogen) atoms. The van der Waals surface area contributed by atoms with Gasteiger partial charge in [-0.15, -0.1) is 0 Å². The fraction of sp³-hybridized carbons (Fsp3) is 0.885. The zero-order valence-corrected chi connectivity index (χ0v) is 21.7. The van der Waals surface area contributed by atoms with Crippen LogP contribution in [0.3, 0.4) is 0 Å². The second-order valence-corrected chi connectivity index (χ2v) is 11.4. The SMILES string of the molecule is COC(=O)CC1CCN(C(=O)C2CCN(CCC3CCN(C(=O)OC(C)(C)C)CC3)CC2)CC1. The summed E-state index contributed by atoms with van der Waals surface area (Å²) in [7, 11) is 1.43. The average molecular weight is 480 g/mol. The van der Waals surface area contributed by atoms with E-state index in [1.54, 1.807) is 0 Å². The molecule has 0 saturated carbocycles. The van der Waals surface area contributed by atoms with E-state index < -0.39 is 5.60 Å². The Labute approximate surface area is 205 Å². The van der Waals surface area contributed by atoms with Gasteiger partial charge in [0.15, 0.2) is 0 Å². The summed E-state index contributed by atoms with van der Waals surface area (Å²) < 4.78 is 10.3. The van der Waals surface area contributed by atoms with Crippen molar-refractivity contribution in [2.75, 3.05) is 52.9 Å². The van der Waals surface area contributed by atoms with Gasteiger partial charge in [0, 0.05) is 38.5 Å². The number of methoxy groups -OCH3 is 1. The van der Waals surface area contributed by atoms with E-state index in [0.29, 0.717) is 24.2 Å². The molecular weight excluding hydrogens is 434 g/mol. The predicted molar refractivity (Wildman–Crippen MR) is 130 cm³/mol. The molecule has 8 nitrogen and oxygen atoms in total. The van der Waals surface area contributed by atoms with Gasteiger partial charge in [-0.3, -0.25) is 9.59 Å². The number of likely N-dealkylation sites (tertiary alicyclic amines) is 3. The molecule has 0 radical (unpaired) electrons. The maximum absolute atomic E-state index is 13.0. The van der Waals surface area contributed by atoms with Crippen molar-refractivity contribution in [2.24, 2.45) is 17.8 Å². The van der Waals surface area contributed by atoms with Crippen LogP contribution in [0.15, 0.2) is 0 Å². The van der Waals surface area contributed by atoms with Crippen LogP contribution >= 0.6 is 0 Å². The summed E-state index contributed by atoms with van der Waals surface area (Å²) >= 11 is 0. The molecule has 2 amide bonds. The van der Waals surface area contributed by atoms with Crippen LogP contribution < -0.4 is 0 Å². The molecule has 0 aromatic rings. The van der Waals surface area contributed by atoms with Crippen LogP contribution in [0.1, 0.15) is 72.1 Å². The molecule has 0 aromatic carbocycles. The van der Waals surface area contributed by atoms with E-state index >= 15 is 0 Å². The van der Waals surface area contributed by atoms with Gasteiger partial charge in [0.1, 0.15) is 5.60 Å². The molecule has 8 heteroatoms. The van der Waals surface area contributed by atoms with Crippen molar-refractivity contribution in [1.29, 1.82) is 0 Å². The minimum absolute atomic E-state index is 0.144. The van der Waals surface area contributed by atoms with Gasteiger partial charge in [-0.1, -0.05) is 0 Å². The lowest BCUT2D eigenvalue weighted by molar-refractivity contribution is -0.142. The minimum atomic E-state index is -0.442. The highest BCUT2D eigenvalue weighted by Gasteiger charge is 2.32. The Kier molecular flexibility index (Phi) is 9.63. The summed E-state index contributed by atoms with van der Waals surface area (Å²) in [5.41, 5.74) is -0.442. The molecule has 0 aromatic heterocycles. The molecule has 3 saturated heterocycles. The molecule has 0 spiro atoms. The van der Waals surface area contributed by atoms with Crippen molar-refractivity contribution in [3.05, 3.63) is 0 Å². The second kappa shape index (κ2) is 12.2. The first-order chi connectivity index (χ1) is 16.1. The van der Waals surface area contributed by atoms with Gasteiger partial charge in [0.05, 0.1) is 7.11 Å². The Balaban J connectivity index is 1.30. The summed E-state index contributed by atoms with van der Waals surface area (Å²) in [6, 6.07) is 0. The Morgan fingerprint density at radius 2 is 1.35 bits per heavy atom. The number of hydrogen-bond donors (Lipinski definition) is 0. The fourth-order valence-corrected chi connectivity index (χ4v) is 5.43. The molecule has 3 heterocycles. The van der Waals surface area contributed by atoms with E-state index in [1.165, 1.54) is 7.11 Å². The molecular formula is C26H45N3O5. The number of piperidine rings is 3. The maximum Gasteiger partial charge on any atom is 0.410 e. The van der Waals surface area contributed by atoms with Crippen LogP contribution in [0, 0.1) is 17.8 Å². The van der Waals surface area contributed by atoms with Gasteiger partial charge in [0.25, 0.3) is 0 Å². The smallest absolute Gasteiger partial charge is 0.410 e. The molecule has 0 N–H and O–H groups in total. The zero-order chi connectivity index (χ0) is 24.7. The molecule has 3 aliphatic rings. The van der Waals surface area contributed by atoms with Gasteiger partial charge < -0.3 is 24.2 Å². The van der Waals surface area contributed by atoms with Gasteiger partial charge >= 0.3 is 12.1 Å². The Morgan fingerprint density at radius 3 is 1.91 bits per heavy atom. The van der Waals surface area contributed by atoms with E-state index in [0.717, 1.165) is 90.8 Å². The number of carbonyl (C=O) groups is 3. The molecule has 0 unspecified atom stereocenters. The highest BCUT2D eigenvalue weighted by atomic mass is 16.6. The van der Waals surface area contributed by atoms with E-state index in [-0.39, 0.29) is 18.0 Å². The van der Waals surface area contributed by atoms with Crippen LogP contribution in [0.5, 0.6) is 0 Å². The normalized spacial score (nSPS) is 22.0. The van der Waals surface area contributed by atoms with Crippen molar-refractivity contribution in [2.45, 2.75) is 77.7 Å². The van der Waals surface area contributed by atoms with Crippen LogP contribution in [0.25, 0.3) is 0 Å². The van der Waals surface area contributed by atoms with Crippen LogP contribution in [-0.2, 0) is 19.1 Å². The van der Waals surface area contributed by atoms with Gasteiger partial charge in [-0.05, 0) is 97.2 Å². The third kappa shape index (κ3) is 8.14. The topological polar surface area (TPSA) is 79.4 Å². The van der Waals surface area contributed by atoms with Crippen LogP contribution in [0.2, 0.25) is 0 Å². The van der Waals surface area contributed by atoms with E-state index in [4.69, 9.17) is 9.47 Å². The molecule has 3 fully saturated rings. The average Bonchev–Trinajstić information content (AvgIpc) is 2.82. The van der Waals surface area contributed by atoms with E-state index in [2.05, 4.69) is 4.90 Å². The van der Waals surface area contributed by atoms with Gasteiger partial charge in [-0.25, -0.2) is 4.79 Å². The van der Waals surface area contributed by atoms with Crippen molar-refractivity contribution in [1.82, 2.24) is 14.7 Å². The molecule has 194 valence electrons. The lowest BCUT2D eigenvalue weighted by Crippen LogP contribution is -2.46. The third-order valence-electron chi connectivity index (χ3n) is 7.67. The zero-order valence-electron chi connectivity index (χ0n) is 21.7. The van der Waals surface area contributed by atoms with Crippen molar-refractivity contribution >= 4 is 18.0 Å². The second-order valence-electron chi connectivity index (χ2n) is 11.4. The summed E-state index contributed by atoms with van der Waals surface area (Å²) in [6.45, 7) is 11.9. The lowest BCUT2D eigenvalue weighted by Gasteiger charge is -2.38. The van der Waals surface area contributed by atoms with Crippen molar-refractivity contribution in [3.8, 4) is 0 Å². The number of nitrogens with zero attached hydrogens (tertiary/aromatic N) is 3. The number of amides is 2. The van der Waals surface area contributed by atoms with E-state index in [1.807, 2.05) is 30.6 Å². The Hall–Kier alpha value is -1.83.